The van der Waals surface area contributed by atoms with Crippen LogP contribution in [0.15, 0.2) is 6.07 Å². The molecule has 6 heteroatoms. The molecule has 0 aromatic carbocycles. The van der Waals surface area contributed by atoms with Gasteiger partial charge >= 0.3 is 0 Å². The molecule has 2 rings (SSSR count). The van der Waals surface area contributed by atoms with Crippen molar-refractivity contribution in [3.63, 3.8) is 0 Å². The second-order valence-corrected chi connectivity index (χ2v) is 5.38. The van der Waals surface area contributed by atoms with Gasteiger partial charge in [-0.25, -0.2) is 9.97 Å². The summed E-state index contributed by atoms with van der Waals surface area (Å²) < 4.78 is 0. The van der Waals surface area contributed by atoms with E-state index in [1.807, 2.05) is 30.5 Å². The number of hydrogen-bond donors (Lipinski definition) is 1. The van der Waals surface area contributed by atoms with Crippen LogP contribution in [0, 0.1) is 6.92 Å². The third-order valence-electron chi connectivity index (χ3n) is 2.71. The molecular weight excluding hydrogens is 248 g/mol. The van der Waals surface area contributed by atoms with Crippen molar-refractivity contribution in [3.05, 3.63) is 17.5 Å². The Morgan fingerprint density at radius 3 is 2.83 bits per heavy atom. The molecule has 1 aliphatic heterocycles. The van der Waals surface area contributed by atoms with Gasteiger partial charge in [0.15, 0.2) is 0 Å². The first-order valence-electron chi connectivity index (χ1n) is 6.17. The van der Waals surface area contributed by atoms with Crippen LogP contribution in [-0.4, -0.2) is 51.9 Å². The maximum Gasteiger partial charge on any atom is 0.272 e. The van der Waals surface area contributed by atoms with Gasteiger partial charge in [0.1, 0.15) is 5.69 Å². The number of carbonyl (C=O) groups excluding carboxylic acids is 1. The van der Waals surface area contributed by atoms with E-state index in [0.717, 1.165) is 36.8 Å². The summed E-state index contributed by atoms with van der Waals surface area (Å²) in [6.45, 7) is 6.23. The minimum Gasteiger partial charge on any atom is -0.354 e. The van der Waals surface area contributed by atoms with Crippen LogP contribution >= 0.6 is 11.8 Å². The van der Waals surface area contributed by atoms with Gasteiger partial charge in [-0.3, -0.25) is 4.79 Å². The molecule has 1 amide bonds. The van der Waals surface area contributed by atoms with Gasteiger partial charge in [-0.2, -0.15) is 11.8 Å². The molecule has 1 fully saturated rings. The molecule has 0 spiro atoms. The zero-order valence-corrected chi connectivity index (χ0v) is 11.6. The van der Waals surface area contributed by atoms with E-state index >= 15 is 0 Å². The maximum absolute atomic E-state index is 12.3. The highest BCUT2D eigenvalue weighted by Gasteiger charge is 2.20. The number of aryl methyl sites for hydroxylation is 1. The number of rotatable bonds is 3. The molecule has 0 atom stereocenters. The number of nitrogens with one attached hydrogen (secondary N) is 1. The zero-order chi connectivity index (χ0) is 13.0. The van der Waals surface area contributed by atoms with E-state index in [0.29, 0.717) is 11.6 Å². The maximum atomic E-state index is 12.3. The van der Waals surface area contributed by atoms with Gasteiger partial charge in [0.05, 0.1) is 0 Å². The van der Waals surface area contributed by atoms with Crippen LogP contribution in [0.25, 0.3) is 0 Å². The van der Waals surface area contributed by atoms with E-state index < -0.39 is 0 Å². The van der Waals surface area contributed by atoms with E-state index in [4.69, 9.17) is 0 Å². The van der Waals surface area contributed by atoms with E-state index in [2.05, 4.69) is 15.3 Å². The Morgan fingerprint density at radius 1 is 1.44 bits per heavy atom. The van der Waals surface area contributed by atoms with Crippen LogP contribution in [0.5, 0.6) is 0 Å². The molecular formula is C12H18N4OS. The second-order valence-electron chi connectivity index (χ2n) is 4.15. The van der Waals surface area contributed by atoms with Crippen LogP contribution in [0.1, 0.15) is 23.1 Å². The highest BCUT2D eigenvalue weighted by Crippen LogP contribution is 2.13. The van der Waals surface area contributed by atoms with Crippen LogP contribution < -0.4 is 5.32 Å². The van der Waals surface area contributed by atoms with Crippen molar-refractivity contribution >= 4 is 23.6 Å². The summed E-state index contributed by atoms with van der Waals surface area (Å²) in [5, 5.41) is 3.05. The van der Waals surface area contributed by atoms with Gasteiger partial charge in [0, 0.05) is 36.8 Å². The Bertz CT molecular complexity index is 432. The number of hydrogen-bond acceptors (Lipinski definition) is 5. The van der Waals surface area contributed by atoms with Gasteiger partial charge in [-0.05, 0) is 19.9 Å². The highest BCUT2D eigenvalue weighted by atomic mass is 32.2. The Balaban J connectivity index is 2.18. The Kier molecular flexibility index (Phi) is 4.41. The van der Waals surface area contributed by atoms with E-state index in [1.54, 1.807) is 6.07 Å². The smallest absolute Gasteiger partial charge is 0.272 e. The predicted octanol–water partition coefficient (Wildman–Crippen LogP) is 1.41. The summed E-state index contributed by atoms with van der Waals surface area (Å²) in [5.74, 6) is 2.57. The van der Waals surface area contributed by atoms with Crippen LogP contribution in [-0.2, 0) is 0 Å². The third-order valence-corrected chi connectivity index (χ3v) is 3.65. The molecule has 1 aromatic heterocycles. The van der Waals surface area contributed by atoms with Gasteiger partial charge in [0.2, 0.25) is 5.95 Å². The molecule has 1 N–H and O–H groups in total. The quantitative estimate of drug-likeness (QED) is 0.896. The van der Waals surface area contributed by atoms with Crippen molar-refractivity contribution in [2.45, 2.75) is 13.8 Å². The fourth-order valence-electron chi connectivity index (χ4n) is 1.84. The average molecular weight is 266 g/mol. The zero-order valence-electron chi connectivity index (χ0n) is 10.8. The van der Waals surface area contributed by atoms with Crippen molar-refractivity contribution in [2.24, 2.45) is 0 Å². The number of carbonyl (C=O) groups is 1. The minimum atomic E-state index is 0.0138. The van der Waals surface area contributed by atoms with Gasteiger partial charge in [-0.1, -0.05) is 0 Å². The van der Waals surface area contributed by atoms with E-state index in [9.17, 15) is 4.79 Å². The van der Waals surface area contributed by atoms with Crippen LogP contribution in [0.3, 0.4) is 0 Å². The number of nitrogens with zero attached hydrogens (tertiary/aromatic N) is 3. The van der Waals surface area contributed by atoms with Crippen molar-refractivity contribution in [1.82, 2.24) is 14.9 Å². The molecule has 1 aromatic rings. The molecule has 0 aliphatic carbocycles. The summed E-state index contributed by atoms with van der Waals surface area (Å²) in [6, 6.07) is 1.75. The van der Waals surface area contributed by atoms with Crippen LogP contribution in [0.2, 0.25) is 0 Å². The molecule has 2 heterocycles. The molecule has 98 valence electrons. The number of anilines is 1. The van der Waals surface area contributed by atoms with Crippen molar-refractivity contribution in [2.75, 3.05) is 36.5 Å². The van der Waals surface area contributed by atoms with E-state index in [1.165, 1.54) is 0 Å². The molecule has 5 nitrogen and oxygen atoms in total. The standard InChI is InChI=1S/C12H18N4OS/c1-3-13-12-14-9(2)8-10(15-12)11(17)16-4-6-18-7-5-16/h8H,3-7H2,1-2H3,(H,13,14,15). The molecule has 18 heavy (non-hydrogen) atoms. The van der Waals surface area contributed by atoms with Gasteiger partial charge < -0.3 is 10.2 Å². The molecule has 1 aliphatic rings. The summed E-state index contributed by atoms with van der Waals surface area (Å²) in [4.78, 5) is 22.7. The minimum absolute atomic E-state index is 0.0138. The molecule has 0 bridgehead atoms. The SMILES string of the molecule is CCNc1nc(C)cc(C(=O)N2CCSCC2)n1. The second kappa shape index (κ2) is 6.04. The third kappa shape index (κ3) is 3.13. The normalized spacial score (nSPS) is 15.6. The van der Waals surface area contributed by atoms with Crippen molar-refractivity contribution < 1.29 is 4.79 Å². The Hall–Kier alpha value is -1.30. The van der Waals surface area contributed by atoms with E-state index in [-0.39, 0.29) is 5.91 Å². The summed E-state index contributed by atoms with van der Waals surface area (Å²) in [7, 11) is 0. The molecule has 0 radical (unpaired) electrons. The largest absolute Gasteiger partial charge is 0.354 e. The Labute approximate surface area is 111 Å². The number of aromatic nitrogens is 2. The first kappa shape index (κ1) is 13.1. The summed E-state index contributed by atoms with van der Waals surface area (Å²) in [5.41, 5.74) is 1.31. The first-order chi connectivity index (χ1) is 8.70. The average Bonchev–Trinajstić information content (AvgIpc) is 2.38. The summed E-state index contributed by atoms with van der Waals surface area (Å²) in [6.07, 6.45) is 0. The Morgan fingerprint density at radius 2 is 2.17 bits per heavy atom. The highest BCUT2D eigenvalue weighted by molar-refractivity contribution is 7.99. The van der Waals surface area contributed by atoms with Crippen LogP contribution in [0.4, 0.5) is 5.95 Å². The lowest BCUT2D eigenvalue weighted by Gasteiger charge is -2.26. The van der Waals surface area contributed by atoms with Crippen molar-refractivity contribution in [1.29, 1.82) is 0 Å². The first-order valence-corrected chi connectivity index (χ1v) is 7.32. The molecule has 0 unspecified atom stereocenters. The monoisotopic (exact) mass is 266 g/mol. The fourth-order valence-corrected chi connectivity index (χ4v) is 2.75. The predicted molar refractivity (Wildman–Crippen MR) is 74.2 cm³/mol. The lowest BCUT2D eigenvalue weighted by molar-refractivity contribution is 0.0766. The van der Waals surface area contributed by atoms with Gasteiger partial charge in [0.25, 0.3) is 5.91 Å². The number of amides is 1. The lowest BCUT2D eigenvalue weighted by Crippen LogP contribution is -2.38. The lowest BCUT2D eigenvalue weighted by atomic mass is 10.3. The molecule has 1 saturated heterocycles. The van der Waals surface area contributed by atoms with Gasteiger partial charge in [-0.15, -0.1) is 0 Å². The number of thioether (sulfide) groups is 1. The summed E-state index contributed by atoms with van der Waals surface area (Å²) >= 11 is 1.89. The molecule has 0 saturated carbocycles. The van der Waals surface area contributed by atoms with Crippen molar-refractivity contribution in [3.8, 4) is 0 Å². The topological polar surface area (TPSA) is 58.1 Å². The fraction of sp³-hybridized carbons (Fsp3) is 0.583.